The van der Waals surface area contributed by atoms with Crippen molar-refractivity contribution in [2.75, 3.05) is 23.7 Å². The number of carbonyl (C=O) groups excluding carboxylic acids is 2. The molecule has 1 aliphatic carbocycles. The number of pyridine rings is 1. The van der Waals surface area contributed by atoms with Crippen molar-refractivity contribution >= 4 is 34.6 Å². The molecule has 1 aliphatic heterocycles. The zero-order valence-electron chi connectivity index (χ0n) is 21.1. The number of benzene rings is 1. The van der Waals surface area contributed by atoms with E-state index in [1.165, 1.54) is 31.5 Å². The Morgan fingerprint density at radius 2 is 1.87 bits per heavy atom. The Balaban J connectivity index is 1.12. The first-order chi connectivity index (χ1) is 19.0. The average Bonchev–Trinajstić information content (AvgIpc) is 3.55. The van der Waals surface area contributed by atoms with Crippen LogP contribution in [0.2, 0.25) is 0 Å². The van der Waals surface area contributed by atoms with Gasteiger partial charge in [-0.1, -0.05) is 6.42 Å². The number of H-pyrrole nitrogens is 2. The fraction of sp³-hybridized carbons (Fsp3) is 0.333. The number of nitrogens with zero attached hydrogens (tertiary/aromatic N) is 4. The molecule has 4 heterocycles. The molecule has 0 spiro atoms. The minimum Gasteiger partial charge on any atom is -0.456 e. The number of aromatic nitrogens is 5. The first-order valence-corrected chi connectivity index (χ1v) is 13.0. The number of hydrogen-bond acceptors (Lipinski definition) is 8. The average molecular weight is 529 g/mol. The number of ether oxygens (including phenoxy) is 1. The molecule has 12 heteroatoms. The highest BCUT2D eigenvalue weighted by Gasteiger charge is 2.30. The van der Waals surface area contributed by atoms with E-state index >= 15 is 0 Å². The molecular formula is C27H28N8O4. The standard InChI is InChI=1S/C27H28N8O4/c36-21-9-12-29-27(31-21)32-26(38)17-4-6-19(7-5-17)39-20-8-11-28-24-23(20)25(34-33-24)30-18-10-13-35(15-18)22(37)14-16-2-1-3-16/h4-9,11-12,16,18H,1-3,10,13-15H2,(H2,28,30,33,34)(H2,29,31,32,36,38)/t18-/m1/s1. The summed E-state index contributed by atoms with van der Waals surface area (Å²) >= 11 is 0. The lowest BCUT2D eigenvalue weighted by molar-refractivity contribution is -0.131. The largest absolute Gasteiger partial charge is 0.456 e. The monoisotopic (exact) mass is 528 g/mol. The van der Waals surface area contributed by atoms with Crippen LogP contribution in [0.25, 0.3) is 11.0 Å². The third-order valence-electron chi connectivity index (χ3n) is 7.24. The van der Waals surface area contributed by atoms with Crippen molar-refractivity contribution in [2.24, 2.45) is 5.92 Å². The van der Waals surface area contributed by atoms with E-state index in [0.717, 1.165) is 13.0 Å². The van der Waals surface area contributed by atoms with Gasteiger partial charge in [0.25, 0.3) is 11.5 Å². The molecule has 0 bridgehead atoms. The van der Waals surface area contributed by atoms with Crippen LogP contribution in [0.4, 0.5) is 11.8 Å². The molecule has 1 saturated carbocycles. The summed E-state index contributed by atoms with van der Waals surface area (Å²) in [5, 5.41) is 14.1. The van der Waals surface area contributed by atoms with E-state index in [1.54, 1.807) is 36.5 Å². The van der Waals surface area contributed by atoms with Gasteiger partial charge >= 0.3 is 0 Å². The van der Waals surface area contributed by atoms with Crippen LogP contribution >= 0.6 is 0 Å². The first kappa shape index (κ1) is 24.6. The molecule has 0 radical (unpaired) electrons. The van der Waals surface area contributed by atoms with Crippen LogP contribution in [0.15, 0.2) is 53.6 Å². The molecule has 4 N–H and O–H groups in total. The Labute approximate surface area is 223 Å². The van der Waals surface area contributed by atoms with Gasteiger partial charge in [-0.15, -0.1) is 0 Å². The Bertz CT molecular complexity index is 1560. The minimum atomic E-state index is -0.416. The second-order valence-electron chi connectivity index (χ2n) is 9.94. The Morgan fingerprint density at radius 1 is 1.05 bits per heavy atom. The van der Waals surface area contributed by atoms with Crippen molar-refractivity contribution in [2.45, 2.75) is 38.1 Å². The van der Waals surface area contributed by atoms with Gasteiger partial charge in [0, 0.05) is 55.6 Å². The summed E-state index contributed by atoms with van der Waals surface area (Å²) in [6.45, 7) is 1.38. The number of aromatic amines is 2. The minimum absolute atomic E-state index is 0.0695. The summed E-state index contributed by atoms with van der Waals surface area (Å²) in [5.74, 6) is 2.14. The number of nitrogens with one attached hydrogen (secondary N) is 4. The number of carbonyl (C=O) groups is 2. The lowest BCUT2D eigenvalue weighted by Gasteiger charge is -2.27. The second kappa shape index (κ2) is 10.6. The fourth-order valence-corrected chi connectivity index (χ4v) is 4.90. The molecule has 1 aromatic carbocycles. The van der Waals surface area contributed by atoms with Crippen molar-refractivity contribution in [1.82, 2.24) is 30.0 Å². The van der Waals surface area contributed by atoms with E-state index in [4.69, 9.17) is 4.74 Å². The maximum Gasteiger partial charge on any atom is 0.257 e. The normalized spacial score (nSPS) is 17.1. The van der Waals surface area contributed by atoms with Crippen LogP contribution < -0.4 is 20.9 Å². The van der Waals surface area contributed by atoms with Gasteiger partial charge in [-0.2, -0.15) is 5.10 Å². The molecule has 1 saturated heterocycles. The maximum absolute atomic E-state index is 12.6. The SMILES string of the molecule is O=C(Nc1nccc(=O)[nH]1)c1ccc(Oc2ccnc3[nH]nc(N[C@@H]4CCN(C(=O)CC5CCC5)C4)c23)cc1. The molecule has 39 heavy (non-hydrogen) atoms. The van der Waals surface area contributed by atoms with Crippen LogP contribution in [-0.4, -0.2) is 61.0 Å². The van der Waals surface area contributed by atoms with Crippen molar-refractivity contribution in [1.29, 1.82) is 0 Å². The topological polar surface area (TPSA) is 158 Å². The number of rotatable bonds is 8. The first-order valence-electron chi connectivity index (χ1n) is 13.0. The van der Waals surface area contributed by atoms with E-state index < -0.39 is 5.91 Å². The summed E-state index contributed by atoms with van der Waals surface area (Å²) in [6.07, 6.45) is 8.02. The highest BCUT2D eigenvalue weighted by Crippen LogP contribution is 2.34. The zero-order valence-corrected chi connectivity index (χ0v) is 21.1. The van der Waals surface area contributed by atoms with Crippen LogP contribution in [0, 0.1) is 5.92 Å². The molecule has 200 valence electrons. The van der Waals surface area contributed by atoms with Crippen LogP contribution in [0.5, 0.6) is 11.5 Å². The van der Waals surface area contributed by atoms with Gasteiger partial charge in [-0.05, 0) is 49.4 Å². The van der Waals surface area contributed by atoms with Gasteiger partial charge in [0.1, 0.15) is 16.9 Å². The Morgan fingerprint density at radius 3 is 2.64 bits per heavy atom. The number of likely N-dealkylation sites (tertiary alicyclic amines) is 1. The molecule has 6 rings (SSSR count). The van der Waals surface area contributed by atoms with Gasteiger partial charge in [0.2, 0.25) is 11.9 Å². The predicted octanol–water partition coefficient (Wildman–Crippen LogP) is 3.29. The van der Waals surface area contributed by atoms with Crippen LogP contribution in [0.3, 0.4) is 0 Å². The molecule has 3 aromatic heterocycles. The van der Waals surface area contributed by atoms with E-state index in [1.807, 2.05) is 4.90 Å². The lowest BCUT2D eigenvalue weighted by Crippen LogP contribution is -2.33. The molecule has 1 atom stereocenters. The predicted molar refractivity (Wildman–Crippen MR) is 144 cm³/mol. The van der Waals surface area contributed by atoms with Crippen molar-refractivity contribution in [3.05, 3.63) is 64.7 Å². The third kappa shape index (κ3) is 5.44. The molecule has 2 fully saturated rings. The van der Waals surface area contributed by atoms with Gasteiger partial charge in [0.15, 0.2) is 11.5 Å². The highest BCUT2D eigenvalue weighted by molar-refractivity contribution is 6.03. The summed E-state index contributed by atoms with van der Waals surface area (Å²) < 4.78 is 6.15. The molecule has 4 aromatic rings. The summed E-state index contributed by atoms with van der Waals surface area (Å²) in [4.78, 5) is 49.3. The number of fused-ring (bicyclic) bond motifs is 1. The summed E-state index contributed by atoms with van der Waals surface area (Å²) in [5.41, 5.74) is 0.590. The van der Waals surface area contributed by atoms with Crippen molar-refractivity contribution in [3.8, 4) is 11.5 Å². The molecular weight excluding hydrogens is 500 g/mol. The summed E-state index contributed by atoms with van der Waals surface area (Å²) in [7, 11) is 0. The van der Waals surface area contributed by atoms with Crippen LogP contribution in [-0.2, 0) is 4.79 Å². The van der Waals surface area contributed by atoms with Gasteiger partial charge in [0.05, 0.1) is 0 Å². The lowest BCUT2D eigenvalue weighted by atomic mass is 9.83. The second-order valence-corrected chi connectivity index (χ2v) is 9.94. The van der Waals surface area contributed by atoms with Crippen LogP contribution in [0.1, 0.15) is 42.5 Å². The molecule has 2 aliphatic rings. The smallest absolute Gasteiger partial charge is 0.257 e. The fourth-order valence-electron chi connectivity index (χ4n) is 4.90. The third-order valence-corrected chi connectivity index (χ3v) is 7.24. The molecule has 0 unspecified atom stereocenters. The zero-order chi connectivity index (χ0) is 26.8. The van der Waals surface area contributed by atoms with Crippen molar-refractivity contribution in [3.63, 3.8) is 0 Å². The van der Waals surface area contributed by atoms with Gasteiger partial charge in [-0.25, -0.2) is 9.97 Å². The van der Waals surface area contributed by atoms with Gasteiger partial charge < -0.3 is 15.0 Å². The quantitative estimate of drug-likeness (QED) is 0.271. The van der Waals surface area contributed by atoms with E-state index in [9.17, 15) is 14.4 Å². The number of amides is 2. The molecule has 12 nitrogen and oxygen atoms in total. The Hall–Kier alpha value is -4.74. The van der Waals surface area contributed by atoms with E-state index in [0.29, 0.717) is 52.8 Å². The maximum atomic E-state index is 12.6. The summed E-state index contributed by atoms with van der Waals surface area (Å²) in [6, 6.07) is 9.69. The highest BCUT2D eigenvalue weighted by atomic mass is 16.5. The number of anilines is 2. The molecule has 2 amide bonds. The number of hydrogen-bond donors (Lipinski definition) is 4. The van der Waals surface area contributed by atoms with E-state index in [-0.39, 0.29) is 23.5 Å². The van der Waals surface area contributed by atoms with E-state index in [2.05, 4.69) is 35.8 Å². The van der Waals surface area contributed by atoms with Gasteiger partial charge in [-0.3, -0.25) is 29.8 Å². The Kier molecular flexibility index (Phi) is 6.66. The van der Waals surface area contributed by atoms with Crippen molar-refractivity contribution < 1.29 is 14.3 Å².